The fourth-order valence-electron chi connectivity index (χ4n) is 10.2. The van der Waals surface area contributed by atoms with E-state index in [1.807, 2.05) is 12.4 Å². The monoisotopic (exact) mass is 963 g/mol. The molecule has 9 rings (SSSR count). The average Bonchev–Trinajstić information content (AvgIpc) is 4.28. The van der Waals surface area contributed by atoms with Crippen LogP contribution in [0.1, 0.15) is 165 Å². The first-order valence-corrected chi connectivity index (χ1v) is 27.3. The molecule has 0 spiro atoms. The van der Waals surface area contributed by atoms with E-state index in [0.717, 1.165) is 127 Å². The first-order valence-electron chi connectivity index (χ1n) is 27.3. The van der Waals surface area contributed by atoms with Gasteiger partial charge in [-0.15, -0.1) is 0 Å². The van der Waals surface area contributed by atoms with Crippen molar-refractivity contribution >= 4 is 46.4 Å². The van der Waals surface area contributed by atoms with Crippen molar-refractivity contribution < 1.29 is 9.47 Å². The second-order valence-electron chi connectivity index (χ2n) is 19.5. The van der Waals surface area contributed by atoms with Crippen LogP contribution in [0.3, 0.4) is 0 Å². The van der Waals surface area contributed by atoms with Crippen LogP contribution in [0.4, 0.5) is 0 Å². The normalized spacial score (nSPS) is 12.0. The van der Waals surface area contributed by atoms with Crippen molar-refractivity contribution in [3.05, 3.63) is 121 Å². The van der Waals surface area contributed by atoms with Gasteiger partial charge in [-0.25, -0.2) is 19.9 Å². The summed E-state index contributed by atoms with van der Waals surface area (Å²) in [6, 6.07) is 25.4. The minimum atomic E-state index is 0.719. The molecule has 0 aliphatic carbocycles. The molecule has 0 unspecified atom stereocenters. The molecule has 5 aromatic heterocycles. The molecule has 72 heavy (non-hydrogen) atoms. The number of ether oxygens (including phenoxy) is 2. The van der Waals surface area contributed by atoms with Gasteiger partial charge in [-0.05, 0) is 96.8 Å². The summed E-state index contributed by atoms with van der Waals surface area (Å²) in [5.74, 6) is 1.74. The van der Waals surface area contributed by atoms with Gasteiger partial charge in [0.25, 0.3) is 0 Å². The Morgan fingerprint density at radius 1 is 0.361 bits per heavy atom. The molecule has 2 aliphatic rings. The molecule has 7 heterocycles. The van der Waals surface area contributed by atoms with Gasteiger partial charge in [0.15, 0.2) is 0 Å². The molecule has 2 aromatic carbocycles. The van der Waals surface area contributed by atoms with E-state index in [1.165, 1.54) is 116 Å². The van der Waals surface area contributed by atoms with E-state index < -0.39 is 0 Å². The lowest BCUT2D eigenvalue weighted by Gasteiger charge is -2.09. The maximum atomic E-state index is 6.28. The van der Waals surface area contributed by atoms with Crippen molar-refractivity contribution in [3.63, 3.8) is 0 Å². The lowest BCUT2D eigenvalue weighted by atomic mass is 10.0. The number of aromatic amines is 4. The van der Waals surface area contributed by atoms with Gasteiger partial charge in [0.1, 0.15) is 11.5 Å². The molecule has 7 aromatic rings. The molecular formula is C62H74N8O2. The van der Waals surface area contributed by atoms with Gasteiger partial charge in [-0.3, -0.25) is 0 Å². The van der Waals surface area contributed by atoms with Gasteiger partial charge in [-0.2, -0.15) is 0 Å². The zero-order chi connectivity index (χ0) is 49.2. The Morgan fingerprint density at radius 3 is 1.01 bits per heavy atom. The number of unbranched alkanes of at least 4 members (excludes halogenated alkanes) is 18. The van der Waals surface area contributed by atoms with Gasteiger partial charge in [0, 0.05) is 33.3 Å². The molecule has 10 nitrogen and oxygen atoms in total. The Kier molecular flexibility index (Phi) is 18.0. The number of rotatable bonds is 28. The third-order valence-corrected chi connectivity index (χ3v) is 14.1. The Bertz CT molecular complexity index is 2790. The minimum absolute atomic E-state index is 0.719. The van der Waals surface area contributed by atoms with E-state index in [9.17, 15) is 0 Å². The van der Waals surface area contributed by atoms with Crippen LogP contribution < -0.4 is 9.47 Å². The summed E-state index contributed by atoms with van der Waals surface area (Å²) < 4.78 is 12.6. The van der Waals surface area contributed by atoms with E-state index in [-0.39, 0.29) is 0 Å². The van der Waals surface area contributed by atoms with Crippen molar-refractivity contribution in [1.29, 1.82) is 0 Å². The average molecular weight is 963 g/mol. The molecule has 0 atom stereocenters. The van der Waals surface area contributed by atoms with E-state index in [1.54, 1.807) is 12.7 Å². The Morgan fingerprint density at radius 2 is 0.681 bits per heavy atom. The van der Waals surface area contributed by atoms with Gasteiger partial charge in [0.05, 0.1) is 83.5 Å². The van der Waals surface area contributed by atoms with E-state index >= 15 is 0 Å². The number of hydrogen-bond acceptors (Lipinski definition) is 6. The number of hydrogen-bond donors (Lipinski definition) is 4. The fraction of sp³-hybridized carbons (Fsp3) is 0.387. The van der Waals surface area contributed by atoms with Gasteiger partial charge < -0.3 is 29.4 Å². The Hall–Kier alpha value is -6.94. The van der Waals surface area contributed by atoms with E-state index in [0.29, 0.717) is 0 Å². The molecule has 0 saturated carbocycles. The summed E-state index contributed by atoms with van der Waals surface area (Å²) >= 11 is 0. The molecule has 2 aliphatic heterocycles. The van der Waals surface area contributed by atoms with Gasteiger partial charge in [-0.1, -0.05) is 154 Å². The maximum Gasteiger partial charge on any atom is 0.119 e. The van der Waals surface area contributed by atoms with Crippen LogP contribution >= 0.6 is 0 Å². The zero-order valence-electron chi connectivity index (χ0n) is 42.7. The highest BCUT2D eigenvalue weighted by molar-refractivity contribution is 5.99. The Labute approximate surface area is 426 Å². The van der Waals surface area contributed by atoms with Crippen molar-refractivity contribution in [2.24, 2.45) is 0 Å². The second-order valence-corrected chi connectivity index (χ2v) is 19.5. The quantitative estimate of drug-likeness (QED) is 0.0361. The summed E-state index contributed by atoms with van der Waals surface area (Å²) in [6.07, 6.45) is 41.6. The van der Waals surface area contributed by atoms with Crippen LogP contribution in [0.5, 0.6) is 11.5 Å². The topological polar surface area (TPSA) is 133 Å². The van der Waals surface area contributed by atoms with Crippen LogP contribution in [0.25, 0.3) is 91.1 Å². The van der Waals surface area contributed by atoms with Crippen LogP contribution in [0.2, 0.25) is 0 Å². The minimum Gasteiger partial charge on any atom is -0.494 e. The molecule has 8 bridgehead atoms. The summed E-state index contributed by atoms with van der Waals surface area (Å²) in [4.78, 5) is 34.1. The Balaban J connectivity index is 1.03. The van der Waals surface area contributed by atoms with Gasteiger partial charge >= 0.3 is 0 Å². The number of benzene rings is 2. The SMILES string of the molecule is CCCCCCCCCCCCOc1ccc(-c2c3nc(c(-c4cnc[nH]4)c4ccc([nH]4)c(-c4ccc(OCCCCCCCCCCCC)cc4)c4nc(c(-c5cnc[nH]5)c5ccc2[nH]5)C=C4)C=C3)cc1. The van der Waals surface area contributed by atoms with Crippen molar-refractivity contribution in [2.75, 3.05) is 13.2 Å². The third-order valence-electron chi connectivity index (χ3n) is 14.1. The summed E-state index contributed by atoms with van der Waals surface area (Å²) in [5.41, 5.74) is 14.5. The van der Waals surface area contributed by atoms with Crippen LogP contribution in [-0.2, 0) is 0 Å². The number of nitrogens with one attached hydrogen (secondary N) is 4. The second kappa shape index (κ2) is 26.0. The smallest absolute Gasteiger partial charge is 0.119 e. The highest BCUT2D eigenvalue weighted by Crippen LogP contribution is 2.38. The highest BCUT2D eigenvalue weighted by Gasteiger charge is 2.20. The lowest BCUT2D eigenvalue weighted by Crippen LogP contribution is -1.97. The van der Waals surface area contributed by atoms with Crippen LogP contribution in [0, 0.1) is 0 Å². The first kappa shape index (κ1) is 50.0. The molecule has 10 heteroatoms. The number of H-pyrrole nitrogens is 4. The standard InChI is InChI=1S/C62H74N8O2/c1-3-5-7-9-11-13-15-17-19-21-39-71-47-27-23-45(24-28-47)59-49-31-35-53(67-49)61(57-41-63-43-65-57)55-37-33-51(69-55)60(46-25-29-48(30-26-46)72-40-22-20-18-16-14-12-10-8-6-4-2)52-34-38-56(70-52)62(58-42-64-44-66-58)54-36-32-50(59)68-54/h23-38,41-44,67,70H,3-22,39-40H2,1-2H3,(H,63,65)(H,64,66). The predicted molar refractivity (Wildman–Crippen MR) is 300 cm³/mol. The fourth-order valence-corrected chi connectivity index (χ4v) is 10.2. The largest absolute Gasteiger partial charge is 0.494 e. The molecule has 4 N–H and O–H groups in total. The lowest BCUT2D eigenvalue weighted by molar-refractivity contribution is 0.304. The maximum absolute atomic E-state index is 6.28. The van der Waals surface area contributed by atoms with Crippen molar-refractivity contribution in [1.82, 2.24) is 39.9 Å². The zero-order valence-corrected chi connectivity index (χ0v) is 42.7. The molecular weight excluding hydrogens is 889 g/mol. The molecule has 0 saturated heterocycles. The predicted octanol–water partition coefficient (Wildman–Crippen LogP) is 17.4. The first-order chi connectivity index (χ1) is 35.7. The molecule has 0 fully saturated rings. The number of aromatic nitrogens is 8. The summed E-state index contributed by atoms with van der Waals surface area (Å²) in [6.45, 7) is 5.99. The van der Waals surface area contributed by atoms with Gasteiger partial charge in [0.2, 0.25) is 0 Å². The highest BCUT2D eigenvalue weighted by atomic mass is 16.5. The molecule has 0 amide bonds. The number of imidazole rings is 2. The van der Waals surface area contributed by atoms with Crippen LogP contribution in [0.15, 0.2) is 97.8 Å². The number of nitrogens with zero attached hydrogens (tertiary/aromatic N) is 4. The summed E-state index contributed by atoms with van der Waals surface area (Å²) in [5, 5.41) is 0. The van der Waals surface area contributed by atoms with Crippen molar-refractivity contribution in [3.8, 4) is 56.3 Å². The third kappa shape index (κ3) is 12.9. The van der Waals surface area contributed by atoms with Crippen LogP contribution in [-0.4, -0.2) is 53.1 Å². The van der Waals surface area contributed by atoms with E-state index in [4.69, 9.17) is 19.4 Å². The van der Waals surface area contributed by atoms with Crippen molar-refractivity contribution in [2.45, 2.75) is 142 Å². The summed E-state index contributed by atoms with van der Waals surface area (Å²) in [7, 11) is 0. The number of fused-ring (bicyclic) bond motifs is 8. The van der Waals surface area contributed by atoms with E-state index in [2.05, 4.69) is 141 Å². The molecule has 0 radical (unpaired) electrons. The molecule has 374 valence electrons.